The Hall–Kier alpha value is -2.16. The summed E-state index contributed by atoms with van der Waals surface area (Å²) in [5.74, 6) is -2.71. The number of nitrogens with one attached hydrogen (secondary N) is 3. The minimum Gasteiger partial charge on any atom is -0.480 e. The minimum absolute atomic E-state index is 0.0906. The number of nitrogens with two attached hydrogens (primary N) is 1. The highest BCUT2D eigenvalue weighted by atomic mass is 16.4. The van der Waals surface area contributed by atoms with Crippen molar-refractivity contribution in [2.45, 2.75) is 52.2 Å². The topological polar surface area (TPSA) is 151 Å². The summed E-state index contributed by atoms with van der Waals surface area (Å²) in [4.78, 5) is 46.0. The molecule has 3 amide bonds. The van der Waals surface area contributed by atoms with Crippen molar-refractivity contribution in [2.75, 3.05) is 6.54 Å². The summed E-state index contributed by atoms with van der Waals surface area (Å²) in [5.41, 5.74) is 5.13. The monoisotopic (exact) mass is 330 g/mol. The Bertz CT molecular complexity index is 452. The van der Waals surface area contributed by atoms with Gasteiger partial charge < -0.3 is 26.8 Å². The average molecular weight is 330 g/mol. The number of amides is 3. The molecule has 3 atom stereocenters. The molecule has 0 saturated heterocycles. The van der Waals surface area contributed by atoms with Crippen LogP contribution in [0.25, 0.3) is 0 Å². The van der Waals surface area contributed by atoms with E-state index in [1.807, 2.05) is 13.8 Å². The zero-order valence-electron chi connectivity index (χ0n) is 13.9. The van der Waals surface area contributed by atoms with E-state index in [0.29, 0.717) is 0 Å². The lowest BCUT2D eigenvalue weighted by Crippen LogP contribution is -2.54. The summed E-state index contributed by atoms with van der Waals surface area (Å²) in [7, 11) is 0. The minimum atomic E-state index is -1.13. The molecule has 23 heavy (non-hydrogen) atoms. The number of aliphatic carboxylic acids is 1. The standard InChI is InChI=1S/C14H26N4O5/c1-7(2)5-10(14(22)23)18-13(21)9(4)17-12(20)8(3)16-11(19)6-15/h7-10H,5-6,15H2,1-4H3,(H,16,19)(H,17,20)(H,18,21)(H,22,23). The van der Waals surface area contributed by atoms with Crippen molar-refractivity contribution in [1.82, 2.24) is 16.0 Å². The van der Waals surface area contributed by atoms with Gasteiger partial charge in [-0.3, -0.25) is 14.4 Å². The van der Waals surface area contributed by atoms with Crippen LogP contribution in [-0.2, 0) is 19.2 Å². The van der Waals surface area contributed by atoms with Crippen LogP contribution in [0.4, 0.5) is 0 Å². The van der Waals surface area contributed by atoms with Gasteiger partial charge in [-0.25, -0.2) is 4.79 Å². The molecule has 0 spiro atoms. The highest BCUT2D eigenvalue weighted by Crippen LogP contribution is 2.05. The normalized spacial score (nSPS) is 14.5. The van der Waals surface area contributed by atoms with Crippen LogP contribution < -0.4 is 21.7 Å². The first-order valence-electron chi connectivity index (χ1n) is 7.41. The van der Waals surface area contributed by atoms with E-state index in [1.54, 1.807) is 0 Å². The molecule has 0 heterocycles. The average Bonchev–Trinajstić information content (AvgIpc) is 2.45. The van der Waals surface area contributed by atoms with Crippen molar-refractivity contribution in [3.8, 4) is 0 Å². The zero-order chi connectivity index (χ0) is 18.2. The van der Waals surface area contributed by atoms with E-state index in [4.69, 9.17) is 10.8 Å². The predicted octanol–water partition coefficient (Wildman–Crippen LogP) is -1.43. The van der Waals surface area contributed by atoms with E-state index >= 15 is 0 Å². The van der Waals surface area contributed by atoms with Gasteiger partial charge in [0.2, 0.25) is 17.7 Å². The molecule has 0 aromatic heterocycles. The SMILES string of the molecule is CC(C)CC(NC(=O)C(C)NC(=O)C(C)NC(=O)CN)C(=O)O. The summed E-state index contributed by atoms with van der Waals surface area (Å²) < 4.78 is 0. The Morgan fingerprint density at radius 3 is 1.83 bits per heavy atom. The molecule has 0 fully saturated rings. The summed E-state index contributed by atoms with van der Waals surface area (Å²) >= 11 is 0. The Labute approximate surface area is 135 Å². The first-order chi connectivity index (χ1) is 10.6. The van der Waals surface area contributed by atoms with E-state index in [-0.39, 0.29) is 18.9 Å². The fraction of sp³-hybridized carbons (Fsp3) is 0.714. The second kappa shape index (κ2) is 9.78. The number of rotatable bonds is 9. The van der Waals surface area contributed by atoms with E-state index < -0.39 is 41.8 Å². The van der Waals surface area contributed by atoms with Gasteiger partial charge in [-0.05, 0) is 26.2 Å². The second-order valence-corrected chi connectivity index (χ2v) is 5.75. The number of carboxylic acids is 1. The number of hydrogen-bond acceptors (Lipinski definition) is 5. The van der Waals surface area contributed by atoms with Gasteiger partial charge >= 0.3 is 5.97 Å². The highest BCUT2D eigenvalue weighted by molar-refractivity contribution is 5.93. The van der Waals surface area contributed by atoms with Gasteiger partial charge in [-0.15, -0.1) is 0 Å². The molecule has 9 heteroatoms. The molecule has 0 aliphatic carbocycles. The van der Waals surface area contributed by atoms with Gasteiger partial charge in [0.1, 0.15) is 18.1 Å². The van der Waals surface area contributed by atoms with E-state index in [2.05, 4.69) is 16.0 Å². The van der Waals surface area contributed by atoms with Crippen molar-refractivity contribution in [2.24, 2.45) is 11.7 Å². The van der Waals surface area contributed by atoms with Crippen LogP contribution in [0.3, 0.4) is 0 Å². The quantitative estimate of drug-likeness (QED) is 0.350. The second-order valence-electron chi connectivity index (χ2n) is 5.75. The molecule has 3 unspecified atom stereocenters. The van der Waals surface area contributed by atoms with Crippen molar-refractivity contribution in [3.63, 3.8) is 0 Å². The Morgan fingerprint density at radius 2 is 1.39 bits per heavy atom. The fourth-order valence-corrected chi connectivity index (χ4v) is 1.76. The van der Waals surface area contributed by atoms with Crippen LogP contribution in [0.1, 0.15) is 34.1 Å². The first-order valence-corrected chi connectivity index (χ1v) is 7.41. The van der Waals surface area contributed by atoms with Gasteiger partial charge in [0, 0.05) is 0 Å². The summed E-state index contributed by atoms with van der Waals surface area (Å²) in [6, 6.07) is -2.81. The lowest BCUT2D eigenvalue weighted by Gasteiger charge is -2.21. The third-order valence-corrected chi connectivity index (χ3v) is 3.03. The number of carboxylic acid groups (broad SMARTS) is 1. The van der Waals surface area contributed by atoms with E-state index in [0.717, 1.165) is 0 Å². The largest absolute Gasteiger partial charge is 0.480 e. The van der Waals surface area contributed by atoms with Crippen LogP contribution in [0, 0.1) is 5.92 Å². The Kier molecular flexibility index (Phi) is 8.86. The maximum Gasteiger partial charge on any atom is 0.326 e. The lowest BCUT2D eigenvalue weighted by molar-refractivity contribution is -0.142. The summed E-state index contributed by atoms with van der Waals surface area (Å²) in [6.45, 7) is 6.32. The molecule has 0 saturated carbocycles. The molecule has 9 nitrogen and oxygen atoms in total. The van der Waals surface area contributed by atoms with Crippen molar-refractivity contribution >= 4 is 23.7 Å². The number of carbonyl (C=O) groups is 4. The summed E-state index contributed by atoms with van der Waals surface area (Å²) in [6.07, 6.45) is 0.282. The molecule has 0 bridgehead atoms. The van der Waals surface area contributed by atoms with Gasteiger partial charge in [0.15, 0.2) is 0 Å². The molecule has 0 aromatic carbocycles. The molecule has 132 valence electrons. The highest BCUT2D eigenvalue weighted by Gasteiger charge is 2.25. The third-order valence-electron chi connectivity index (χ3n) is 3.03. The van der Waals surface area contributed by atoms with Crippen LogP contribution in [0.5, 0.6) is 0 Å². The van der Waals surface area contributed by atoms with Crippen molar-refractivity contribution < 1.29 is 24.3 Å². The van der Waals surface area contributed by atoms with Crippen LogP contribution in [0.2, 0.25) is 0 Å². The molecular formula is C14H26N4O5. The fourth-order valence-electron chi connectivity index (χ4n) is 1.76. The third kappa shape index (κ3) is 8.15. The maximum absolute atomic E-state index is 12.0. The van der Waals surface area contributed by atoms with Crippen LogP contribution in [0.15, 0.2) is 0 Å². The van der Waals surface area contributed by atoms with E-state index in [1.165, 1.54) is 13.8 Å². The maximum atomic E-state index is 12.0. The molecule has 6 N–H and O–H groups in total. The number of carbonyl (C=O) groups excluding carboxylic acids is 3. The number of hydrogen-bond donors (Lipinski definition) is 5. The molecule has 0 rings (SSSR count). The molecule has 0 aliphatic rings. The molecule has 0 aliphatic heterocycles. The smallest absolute Gasteiger partial charge is 0.326 e. The zero-order valence-corrected chi connectivity index (χ0v) is 13.9. The van der Waals surface area contributed by atoms with Gasteiger partial charge in [-0.2, -0.15) is 0 Å². The lowest BCUT2D eigenvalue weighted by atomic mass is 10.0. The van der Waals surface area contributed by atoms with Gasteiger partial charge in [0.05, 0.1) is 6.54 Å². The molecular weight excluding hydrogens is 304 g/mol. The first kappa shape index (κ1) is 20.8. The van der Waals surface area contributed by atoms with Gasteiger partial charge in [-0.1, -0.05) is 13.8 Å². The van der Waals surface area contributed by atoms with Crippen LogP contribution in [-0.4, -0.2) is 53.5 Å². The predicted molar refractivity (Wildman–Crippen MR) is 83.3 cm³/mol. The van der Waals surface area contributed by atoms with Crippen LogP contribution >= 0.6 is 0 Å². The Morgan fingerprint density at radius 1 is 0.913 bits per heavy atom. The molecule has 0 aromatic rings. The van der Waals surface area contributed by atoms with E-state index in [9.17, 15) is 19.2 Å². The van der Waals surface area contributed by atoms with Crippen molar-refractivity contribution in [3.05, 3.63) is 0 Å². The summed E-state index contributed by atoms with van der Waals surface area (Å²) in [5, 5.41) is 16.2. The Balaban J connectivity index is 4.56. The molecule has 0 radical (unpaired) electrons. The van der Waals surface area contributed by atoms with Gasteiger partial charge in [0.25, 0.3) is 0 Å². The van der Waals surface area contributed by atoms with Crippen molar-refractivity contribution in [1.29, 1.82) is 0 Å².